The molecule has 1 aliphatic rings. The van der Waals surface area contributed by atoms with Crippen molar-refractivity contribution in [2.45, 2.75) is 49.9 Å². The summed E-state index contributed by atoms with van der Waals surface area (Å²) in [6.07, 6.45) is 2.61. The van der Waals surface area contributed by atoms with Gasteiger partial charge >= 0.3 is 0 Å². The van der Waals surface area contributed by atoms with Gasteiger partial charge in [0, 0.05) is 23.2 Å². The van der Waals surface area contributed by atoms with Crippen LogP contribution in [0.2, 0.25) is 0 Å². The van der Waals surface area contributed by atoms with Gasteiger partial charge in [-0.05, 0) is 44.4 Å². The molecule has 4 heteroatoms. The zero-order valence-corrected chi connectivity index (χ0v) is 13.4. The summed E-state index contributed by atoms with van der Waals surface area (Å²) in [5.74, 6) is 1.75. The second kappa shape index (κ2) is 6.58. The second-order valence-corrected chi connectivity index (χ2v) is 6.64. The van der Waals surface area contributed by atoms with Gasteiger partial charge in [0.15, 0.2) is 0 Å². The topological polar surface area (TPSA) is 37.8 Å². The molecule has 0 aliphatic heterocycles. The van der Waals surface area contributed by atoms with Gasteiger partial charge < -0.3 is 5.32 Å². The molecule has 1 saturated carbocycles. The Morgan fingerprint density at radius 1 is 1.19 bits per heavy atom. The second-order valence-electron chi connectivity index (χ2n) is 5.63. The first-order valence-corrected chi connectivity index (χ1v) is 8.44. The lowest BCUT2D eigenvalue weighted by Gasteiger charge is -2.08. The first-order chi connectivity index (χ1) is 10.2. The van der Waals surface area contributed by atoms with Gasteiger partial charge in [-0.25, -0.2) is 9.97 Å². The number of benzene rings is 1. The first kappa shape index (κ1) is 14.5. The van der Waals surface area contributed by atoms with Crippen molar-refractivity contribution in [3.05, 3.63) is 53.1 Å². The van der Waals surface area contributed by atoms with Crippen molar-refractivity contribution < 1.29 is 0 Å². The SMILES string of the molecule is Cc1cc(CNC2CC2)nc(CSc2ccccc2C)n1. The third-order valence-electron chi connectivity index (χ3n) is 3.55. The number of nitrogens with zero attached hydrogens (tertiary/aromatic N) is 2. The fraction of sp³-hybridized carbons (Fsp3) is 0.412. The van der Waals surface area contributed by atoms with Crippen LogP contribution in [-0.4, -0.2) is 16.0 Å². The Morgan fingerprint density at radius 3 is 2.76 bits per heavy atom. The fourth-order valence-corrected chi connectivity index (χ4v) is 3.14. The van der Waals surface area contributed by atoms with Gasteiger partial charge in [0.2, 0.25) is 0 Å². The molecule has 0 amide bonds. The highest BCUT2D eigenvalue weighted by molar-refractivity contribution is 7.98. The Bertz CT molecular complexity index is 623. The predicted octanol–water partition coefficient (Wildman–Crippen LogP) is 3.64. The van der Waals surface area contributed by atoms with Crippen LogP contribution in [0.3, 0.4) is 0 Å². The van der Waals surface area contributed by atoms with Crippen LogP contribution >= 0.6 is 11.8 Å². The van der Waals surface area contributed by atoms with E-state index in [0.29, 0.717) is 6.04 Å². The van der Waals surface area contributed by atoms with Gasteiger partial charge in [0.1, 0.15) is 5.82 Å². The monoisotopic (exact) mass is 299 g/mol. The largest absolute Gasteiger partial charge is 0.308 e. The first-order valence-electron chi connectivity index (χ1n) is 7.46. The smallest absolute Gasteiger partial charge is 0.139 e. The highest BCUT2D eigenvalue weighted by atomic mass is 32.2. The van der Waals surface area contributed by atoms with E-state index >= 15 is 0 Å². The highest BCUT2D eigenvalue weighted by Crippen LogP contribution is 2.25. The molecule has 2 aromatic rings. The van der Waals surface area contributed by atoms with E-state index in [4.69, 9.17) is 0 Å². The third kappa shape index (κ3) is 4.29. The van der Waals surface area contributed by atoms with E-state index in [1.165, 1.54) is 23.3 Å². The van der Waals surface area contributed by atoms with E-state index in [-0.39, 0.29) is 0 Å². The molecular formula is C17H21N3S. The van der Waals surface area contributed by atoms with Gasteiger partial charge in [0.25, 0.3) is 0 Å². The molecule has 1 fully saturated rings. The van der Waals surface area contributed by atoms with Gasteiger partial charge in [-0.3, -0.25) is 0 Å². The lowest BCUT2D eigenvalue weighted by atomic mass is 10.2. The summed E-state index contributed by atoms with van der Waals surface area (Å²) >= 11 is 1.81. The Hall–Kier alpha value is -1.39. The molecule has 3 nitrogen and oxygen atoms in total. The maximum absolute atomic E-state index is 4.68. The van der Waals surface area contributed by atoms with Crippen molar-refractivity contribution >= 4 is 11.8 Å². The summed E-state index contributed by atoms with van der Waals surface area (Å²) in [5, 5.41) is 3.51. The molecule has 1 aromatic carbocycles. The van der Waals surface area contributed by atoms with E-state index in [9.17, 15) is 0 Å². The molecule has 1 aromatic heterocycles. The number of hydrogen-bond acceptors (Lipinski definition) is 4. The minimum atomic E-state index is 0.713. The van der Waals surface area contributed by atoms with Crippen LogP contribution in [0.5, 0.6) is 0 Å². The number of aromatic nitrogens is 2. The molecular weight excluding hydrogens is 278 g/mol. The molecule has 1 heterocycles. The fourth-order valence-electron chi connectivity index (χ4n) is 2.25. The van der Waals surface area contributed by atoms with Crippen LogP contribution < -0.4 is 5.32 Å². The van der Waals surface area contributed by atoms with Crippen LogP contribution in [0.1, 0.15) is 35.6 Å². The predicted molar refractivity (Wildman–Crippen MR) is 87.4 cm³/mol. The molecule has 0 bridgehead atoms. The molecule has 1 N–H and O–H groups in total. The molecule has 21 heavy (non-hydrogen) atoms. The summed E-state index contributed by atoms with van der Waals surface area (Å²) in [7, 11) is 0. The van der Waals surface area contributed by atoms with Gasteiger partial charge in [-0.1, -0.05) is 18.2 Å². The normalized spacial score (nSPS) is 14.4. The number of hydrogen-bond donors (Lipinski definition) is 1. The lowest BCUT2D eigenvalue weighted by Crippen LogP contribution is -2.17. The average Bonchev–Trinajstić information content (AvgIpc) is 3.28. The lowest BCUT2D eigenvalue weighted by molar-refractivity contribution is 0.668. The quantitative estimate of drug-likeness (QED) is 0.826. The molecule has 0 saturated heterocycles. The van der Waals surface area contributed by atoms with Crippen molar-refractivity contribution in [1.82, 2.24) is 15.3 Å². The van der Waals surface area contributed by atoms with Gasteiger partial charge in [-0.2, -0.15) is 0 Å². The Balaban J connectivity index is 1.65. The number of aryl methyl sites for hydroxylation is 2. The highest BCUT2D eigenvalue weighted by Gasteiger charge is 2.20. The van der Waals surface area contributed by atoms with Crippen molar-refractivity contribution in [1.29, 1.82) is 0 Å². The summed E-state index contributed by atoms with van der Waals surface area (Å²) in [6.45, 7) is 5.05. The summed E-state index contributed by atoms with van der Waals surface area (Å²) in [4.78, 5) is 10.6. The average molecular weight is 299 g/mol. The number of thioether (sulfide) groups is 1. The van der Waals surface area contributed by atoms with Crippen molar-refractivity contribution in [2.24, 2.45) is 0 Å². The third-order valence-corrected chi connectivity index (χ3v) is 4.72. The summed E-state index contributed by atoms with van der Waals surface area (Å²) in [5.41, 5.74) is 3.47. The molecule has 1 aliphatic carbocycles. The zero-order valence-electron chi connectivity index (χ0n) is 12.6. The van der Waals surface area contributed by atoms with Crippen LogP contribution in [0.4, 0.5) is 0 Å². The van der Waals surface area contributed by atoms with Gasteiger partial charge in [-0.15, -0.1) is 11.8 Å². The molecule has 110 valence electrons. The van der Waals surface area contributed by atoms with Crippen LogP contribution in [-0.2, 0) is 12.3 Å². The maximum Gasteiger partial charge on any atom is 0.139 e. The van der Waals surface area contributed by atoms with Crippen LogP contribution in [0.15, 0.2) is 35.2 Å². The summed E-state index contributed by atoms with van der Waals surface area (Å²) in [6, 6.07) is 11.2. The molecule has 3 rings (SSSR count). The van der Waals surface area contributed by atoms with E-state index in [0.717, 1.165) is 29.5 Å². The zero-order chi connectivity index (χ0) is 14.7. The van der Waals surface area contributed by atoms with Crippen molar-refractivity contribution in [3.63, 3.8) is 0 Å². The minimum absolute atomic E-state index is 0.713. The summed E-state index contributed by atoms with van der Waals surface area (Å²) < 4.78 is 0. The molecule has 0 spiro atoms. The van der Waals surface area contributed by atoms with Crippen molar-refractivity contribution in [2.75, 3.05) is 0 Å². The Kier molecular flexibility index (Phi) is 4.56. The Labute approximate surface area is 130 Å². The van der Waals surface area contributed by atoms with Gasteiger partial charge in [0.05, 0.1) is 11.4 Å². The molecule has 0 unspecified atom stereocenters. The standard InChI is InChI=1S/C17H21N3S/c1-12-5-3-4-6-16(12)21-11-17-19-13(2)9-15(20-17)10-18-14-7-8-14/h3-6,9,14,18H,7-8,10-11H2,1-2H3. The van der Waals surface area contributed by atoms with E-state index < -0.39 is 0 Å². The van der Waals surface area contributed by atoms with E-state index in [1.807, 2.05) is 18.7 Å². The molecule has 0 radical (unpaired) electrons. The van der Waals surface area contributed by atoms with Crippen LogP contribution in [0.25, 0.3) is 0 Å². The minimum Gasteiger partial charge on any atom is -0.308 e. The van der Waals surface area contributed by atoms with Crippen molar-refractivity contribution in [3.8, 4) is 0 Å². The number of nitrogens with one attached hydrogen (secondary N) is 1. The maximum atomic E-state index is 4.68. The number of rotatable bonds is 6. The molecule has 0 atom stereocenters. The van der Waals surface area contributed by atoms with E-state index in [1.54, 1.807) is 0 Å². The Morgan fingerprint density at radius 2 is 2.00 bits per heavy atom. The van der Waals surface area contributed by atoms with E-state index in [2.05, 4.69) is 52.5 Å². The van der Waals surface area contributed by atoms with Crippen LogP contribution in [0, 0.1) is 13.8 Å².